The second kappa shape index (κ2) is 6.60. The number of halogens is 3. The van der Waals surface area contributed by atoms with E-state index in [1.165, 1.54) is 11.0 Å². The predicted octanol–water partition coefficient (Wildman–Crippen LogP) is 2.83. The number of carbonyl (C=O) groups is 2. The van der Waals surface area contributed by atoms with Crippen LogP contribution >= 0.6 is 0 Å². The molecule has 0 spiro atoms. The van der Waals surface area contributed by atoms with E-state index in [0.29, 0.717) is 12.0 Å². The van der Waals surface area contributed by atoms with Gasteiger partial charge in [0.15, 0.2) is 0 Å². The fourth-order valence-corrected chi connectivity index (χ4v) is 2.34. The van der Waals surface area contributed by atoms with Crippen molar-refractivity contribution in [1.82, 2.24) is 4.90 Å². The minimum Gasteiger partial charge on any atom is -0.465 e. The molecule has 2 rings (SSSR count). The SMILES string of the molecule is CN(C)C(=O)CCOC(=O)[C@H]1C[C@H]1c1cccc(C(F)(F)F)c1. The highest BCUT2D eigenvalue weighted by Crippen LogP contribution is 2.49. The van der Waals surface area contributed by atoms with Gasteiger partial charge >= 0.3 is 12.1 Å². The van der Waals surface area contributed by atoms with Crippen molar-refractivity contribution < 1.29 is 27.5 Å². The molecule has 1 saturated carbocycles. The zero-order valence-corrected chi connectivity index (χ0v) is 12.9. The van der Waals surface area contributed by atoms with Crippen molar-refractivity contribution in [2.45, 2.75) is 24.9 Å². The van der Waals surface area contributed by atoms with Gasteiger partial charge < -0.3 is 9.64 Å². The van der Waals surface area contributed by atoms with Gasteiger partial charge in [-0.25, -0.2) is 0 Å². The summed E-state index contributed by atoms with van der Waals surface area (Å²) in [5.41, 5.74) is -0.225. The summed E-state index contributed by atoms with van der Waals surface area (Å²) in [6, 6.07) is 5.01. The maximum atomic E-state index is 12.7. The Bertz CT molecular complexity index is 598. The van der Waals surface area contributed by atoms with Crippen LogP contribution < -0.4 is 0 Å². The van der Waals surface area contributed by atoms with E-state index in [0.717, 1.165) is 12.1 Å². The third-order valence-corrected chi connectivity index (χ3v) is 3.79. The highest BCUT2D eigenvalue weighted by atomic mass is 19.4. The Hall–Kier alpha value is -2.05. The van der Waals surface area contributed by atoms with Crippen LogP contribution in [-0.2, 0) is 20.5 Å². The molecule has 1 aliphatic carbocycles. The van der Waals surface area contributed by atoms with Gasteiger partial charge in [-0.05, 0) is 24.0 Å². The number of benzene rings is 1. The van der Waals surface area contributed by atoms with Crippen molar-refractivity contribution in [1.29, 1.82) is 0 Å². The van der Waals surface area contributed by atoms with Crippen molar-refractivity contribution in [2.24, 2.45) is 5.92 Å². The highest BCUT2D eigenvalue weighted by molar-refractivity contribution is 5.79. The van der Waals surface area contributed by atoms with E-state index in [4.69, 9.17) is 4.74 Å². The summed E-state index contributed by atoms with van der Waals surface area (Å²) in [4.78, 5) is 24.6. The monoisotopic (exact) mass is 329 g/mol. The first-order valence-electron chi connectivity index (χ1n) is 7.24. The molecule has 0 N–H and O–H groups in total. The first-order valence-corrected chi connectivity index (χ1v) is 7.24. The molecular weight excluding hydrogens is 311 g/mol. The van der Waals surface area contributed by atoms with Crippen LogP contribution in [0, 0.1) is 5.92 Å². The molecule has 0 bridgehead atoms. The Morgan fingerprint density at radius 2 is 2.00 bits per heavy atom. The van der Waals surface area contributed by atoms with Gasteiger partial charge in [0.25, 0.3) is 0 Å². The number of ether oxygens (including phenoxy) is 1. The third-order valence-electron chi connectivity index (χ3n) is 3.79. The fraction of sp³-hybridized carbons (Fsp3) is 0.500. The zero-order chi connectivity index (χ0) is 17.2. The summed E-state index contributed by atoms with van der Waals surface area (Å²) in [5.74, 6) is -1.27. The number of alkyl halides is 3. The van der Waals surface area contributed by atoms with E-state index in [1.807, 2.05) is 0 Å². The fourth-order valence-electron chi connectivity index (χ4n) is 2.34. The molecule has 1 fully saturated rings. The molecule has 1 amide bonds. The van der Waals surface area contributed by atoms with Gasteiger partial charge in [0, 0.05) is 14.1 Å². The molecular formula is C16H18F3NO3. The lowest BCUT2D eigenvalue weighted by Crippen LogP contribution is -2.23. The summed E-state index contributed by atoms with van der Waals surface area (Å²) in [6.45, 7) is -0.0122. The van der Waals surface area contributed by atoms with E-state index >= 15 is 0 Å². The standard InChI is InChI=1S/C16H18F3NO3/c1-20(2)14(21)6-7-23-15(22)13-9-12(13)10-4-3-5-11(8-10)16(17,18)19/h3-5,8,12-13H,6-7,9H2,1-2H3/t12-,13-/m0/s1. The topological polar surface area (TPSA) is 46.6 Å². The van der Waals surface area contributed by atoms with E-state index in [9.17, 15) is 22.8 Å². The Morgan fingerprint density at radius 3 is 2.61 bits per heavy atom. The van der Waals surface area contributed by atoms with Crippen LogP contribution in [0.15, 0.2) is 24.3 Å². The third kappa shape index (κ3) is 4.46. The molecule has 126 valence electrons. The number of amides is 1. The molecule has 1 aromatic rings. The van der Waals surface area contributed by atoms with Gasteiger partial charge in [0.1, 0.15) is 6.61 Å². The van der Waals surface area contributed by atoms with Crippen LogP contribution in [-0.4, -0.2) is 37.5 Å². The molecule has 1 aliphatic rings. The number of rotatable bonds is 5. The Labute approximate surface area is 132 Å². The summed E-state index contributed by atoms with van der Waals surface area (Å²) in [7, 11) is 3.21. The summed E-state index contributed by atoms with van der Waals surface area (Å²) in [5, 5.41) is 0. The lowest BCUT2D eigenvalue weighted by molar-refractivity contribution is -0.146. The highest BCUT2D eigenvalue weighted by Gasteiger charge is 2.45. The first-order chi connectivity index (χ1) is 10.7. The van der Waals surface area contributed by atoms with Crippen molar-refractivity contribution in [2.75, 3.05) is 20.7 Å². The normalized spacial score (nSPS) is 20.0. The second-order valence-corrected chi connectivity index (χ2v) is 5.78. The average Bonchev–Trinajstić information content (AvgIpc) is 3.26. The maximum Gasteiger partial charge on any atom is 0.416 e. The van der Waals surface area contributed by atoms with E-state index < -0.39 is 23.6 Å². The van der Waals surface area contributed by atoms with Crippen molar-refractivity contribution in [3.05, 3.63) is 35.4 Å². The number of hydrogen-bond acceptors (Lipinski definition) is 3. The molecule has 0 heterocycles. The molecule has 0 radical (unpaired) electrons. The molecule has 0 saturated heterocycles. The molecule has 7 heteroatoms. The number of esters is 1. The Morgan fingerprint density at radius 1 is 1.30 bits per heavy atom. The molecule has 0 unspecified atom stereocenters. The van der Waals surface area contributed by atoms with E-state index in [-0.39, 0.29) is 24.9 Å². The van der Waals surface area contributed by atoms with Gasteiger partial charge in [-0.15, -0.1) is 0 Å². The summed E-state index contributed by atoms with van der Waals surface area (Å²) >= 11 is 0. The van der Waals surface area contributed by atoms with Gasteiger partial charge in [-0.3, -0.25) is 9.59 Å². The smallest absolute Gasteiger partial charge is 0.416 e. The van der Waals surface area contributed by atoms with Crippen LogP contribution in [0.2, 0.25) is 0 Å². The lowest BCUT2D eigenvalue weighted by atomic mass is 10.1. The average molecular weight is 329 g/mol. The largest absolute Gasteiger partial charge is 0.465 e. The zero-order valence-electron chi connectivity index (χ0n) is 12.9. The minimum atomic E-state index is -4.40. The van der Waals surface area contributed by atoms with Gasteiger partial charge in [0.2, 0.25) is 5.91 Å². The van der Waals surface area contributed by atoms with Crippen LogP contribution in [0.3, 0.4) is 0 Å². The summed E-state index contributed by atoms with van der Waals surface area (Å²) < 4.78 is 43.1. The van der Waals surface area contributed by atoms with Crippen molar-refractivity contribution >= 4 is 11.9 Å². The molecule has 0 aromatic heterocycles. The summed E-state index contributed by atoms with van der Waals surface area (Å²) in [6.07, 6.45) is -3.82. The van der Waals surface area contributed by atoms with Crippen LogP contribution in [0.4, 0.5) is 13.2 Å². The lowest BCUT2D eigenvalue weighted by Gasteiger charge is -2.10. The Balaban J connectivity index is 1.87. The van der Waals surface area contributed by atoms with Gasteiger partial charge in [0.05, 0.1) is 17.9 Å². The number of hydrogen-bond donors (Lipinski definition) is 0. The minimum absolute atomic E-state index is 0.0122. The number of carbonyl (C=O) groups excluding carboxylic acids is 2. The van der Waals surface area contributed by atoms with E-state index in [1.54, 1.807) is 20.2 Å². The van der Waals surface area contributed by atoms with Crippen molar-refractivity contribution in [3.63, 3.8) is 0 Å². The maximum absolute atomic E-state index is 12.7. The van der Waals surface area contributed by atoms with E-state index in [2.05, 4.69) is 0 Å². The predicted molar refractivity (Wildman–Crippen MR) is 76.6 cm³/mol. The van der Waals surface area contributed by atoms with Gasteiger partial charge in [-0.1, -0.05) is 18.2 Å². The molecule has 4 nitrogen and oxygen atoms in total. The molecule has 0 aliphatic heterocycles. The number of nitrogens with zero attached hydrogens (tertiary/aromatic N) is 1. The second-order valence-electron chi connectivity index (χ2n) is 5.78. The molecule has 23 heavy (non-hydrogen) atoms. The van der Waals surface area contributed by atoms with Crippen molar-refractivity contribution in [3.8, 4) is 0 Å². The van der Waals surface area contributed by atoms with Crippen LogP contribution in [0.1, 0.15) is 29.9 Å². The molecule has 2 atom stereocenters. The van der Waals surface area contributed by atoms with Gasteiger partial charge in [-0.2, -0.15) is 13.2 Å². The Kier molecular flexibility index (Phi) is 4.97. The first kappa shape index (κ1) is 17.3. The quantitative estimate of drug-likeness (QED) is 0.781. The molecule has 1 aromatic carbocycles. The van der Waals surface area contributed by atoms with Crippen LogP contribution in [0.25, 0.3) is 0 Å². The van der Waals surface area contributed by atoms with Crippen LogP contribution in [0.5, 0.6) is 0 Å².